The van der Waals surface area contributed by atoms with Crippen molar-refractivity contribution in [2.75, 3.05) is 26.8 Å². The van der Waals surface area contributed by atoms with E-state index in [0.29, 0.717) is 0 Å². The molecule has 2 heterocycles. The van der Waals surface area contributed by atoms with Crippen molar-refractivity contribution >= 4 is 5.97 Å². The molecule has 2 fully saturated rings. The number of nitrogens with one attached hydrogen (secondary N) is 1. The maximum Gasteiger partial charge on any atom is 0.310 e. The predicted octanol–water partition coefficient (Wildman–Crippen LogP) is 0.174. The summed E-state index contributed by atoms with van der Waals surface area (Å²) in [4.78, 5) is 11.6. The van der Waals surface area contributed by atoms with Crippen molar-refractivity contribution in [3.8, 4) is 0 Å². The SMILES string of the molecule is COC(=O)C1CNCC12CCOC2C. The van der Waals surface area contributed by atoms with Crippen LogP contribution in [0.2, 0.25) is 0 Å². The maximum absolute atomic E-state index is 11.6. The minimum atomic E-state index is -0.104. The smallest absolute Gasteiger partial charge is 0.310 e. The fraction of sp³-hybridized carbons (Fsp3) is 0.900. The molecule has 0 aliphatic carbocycles. The first-order valence-electron chi connectivity index (χ1n) is 5.11. The van der Waals surface area contributed by atoms with Gasteiger partial charge in [-0.1, -0.05) is 0 Å². The first-order valence-corrected chi connectivity index (χ1v) is 5.11. The Morgan fingerprint density at radius 1 is 1.64 bits per heavy atom. The van der Waals surface area contributed by atoms with Crippen LogP contribution >= 0.6 is 0 Å². The fourth-order valence-electron chi connectivity index (χ4n) is 2.72. The first-order chi connectivity index (χ1) is 6.70. The van der Waals surface area contributed by atoms with Crippen LogP contribution in [-0.4, -0.2) is 38.9 Å². The summed E-state index contributed by atoms with van der Waals surface area (Å²) < 4.78 is 10.4. The number of carbonyl (C=O) groups excluding carboxylic acids is 1. The Kier molecular flexibility index (Phi) is 2.49. The number of methoxy groups -OCH3 is 1. The van der Waals surface area contributed by atoms with Gasteiger partial charge in [0.15, 0.2) is 0 Å². The van der Waals surface area contributed by atoms with Crippen molar-refractivity contribution in [1.82, 2.24) is 5.32 Å². The molecule has 4 heteroatoms. The van der Waals surface area contributed by atoms with Gasteiger partial charge in [-0.25, -0.2) is 0 Å². The zero-order valence-electron chi connectivity index (χ0n) is 8.71. The number of ether oxygens (including phenoxy) is 2. The molecule has 0 aromatic carbocycles. The standard InChI is InChI=1S/C10H17NO3/c1-7-10(3-4-14-7)6-11-5-8(10)9(12)13-2/h7-8,11H,3-6H2,1-2H3. The van der Waals surface area contributed by atoms with E-state index in [1.54, 1.807) is 0 Å². The largest absolute Gasteiger partial charge is 0.469 e. The highest BCUT2D eigenvalue weighted by Crippen LogP contribution is 2.44. The van der Waals surface area contributed by atoms with Gasteiger partial charge in [0, 0.05) is 25.1 Å². The number of hydrogen-bond donors (Lipinski definition) is 1. The van der Waals surface area contributed by atoms with Gasteiger partial charge < -0.3 is 14.8 Å². The lowest BCUT2D eigenvalue weighted by Crippen LogP contribution is -2.40. The number of rotatable bonds is 1. The molecule has 2 saturated heterocycles. The van der Waals surface area contributed by atoms with Gasteiger partial charge in [0.1, 0.15) is 0 Å². The number of hydrogen-bond acceptors (Lipinski definition) is 4. The molecule has 0 amide bonds. The Morgan fingerprint density at radius 3 is 3.00 bits per heavy atom. The summed E-state index contributed by atoms with van der Waals surface area (Å²) in [6.07, 6.45) is 1.11. The van der Waals surface area contributed by atoms with Gasteiger partial charge in [0.05, 0.1) is 19.1 Å². The van der Waals surface area contributed by atoms with Crippen molar-refractivity contribution < 1.29 is 14.3 Å². The van der Waals surface area contributed by atoms with Crippen LogP contribution in [0.5, 0.6) is 0 Å². The molecule has 0 aromatic rings. The Labute approximate surface area is 84.0 Å². The van der Waals surface area contributed by atoms with Crippen LogP contribution in [0.4, 0.5) is 0 Å². The monoisotopic (exact) mass is 199 g/mol. The highest BCUT2D eigenvalue weighted by Gasteiger charge is 2.53. The summed E-state index contributed by atoms with van der Waals surface area (Å²) in [5.41, 5.74) is -0.0207. The molecule has 2 rings (SSSR count). The molecule has 4 nitrogen and oxygen atoms in total. The Hall–Kier alpha value is -0.610. The number of carbonyl (C=O) groups is 1. The van der Waals surface area contributed by atoms with Crippen molar-refractivity contribution in [3.63, 3.8) is 0 Å². The van der Waals surface area contributed by atoms with Gasteiger partial charge in [-0.3, -0.25) is 4.79 Å². The zero-order valence-corrected chi connectivity index (χ0v) is 8.71. The van der Waals surface area contributed by atoms with Crippen LogP contribution in [0.1, 0.15) is 13.3 Å². The lowest BCUT2D eigenvalue weighted by atomic mass is 9.73. The van der Waals surface area contributed by atoms with E-state index in [-0.39, 0.29) is 23.4 Å². The van der Waals surface area contributed by atoms with Gasteiger partial charge >= 0.3 is 5.97 Å². The summed E-state index contributed by atoms with van der Waals surface area (Å²) in [6.45, 7) is 4.40. The van der Waals surface area contributed by atoms with E-state index >= 15 is 0 Å². The highest BCUT2D eigenvalue weighted by molar-refractivity contribution is 5.74. The molecule has 14 heavy (non-hydrogen) atoms. The third kappa shape index (κ3) is 1.25. The van der Waals surface area contributed by atoms with Crippen molar-refractivity contribution in [1.29, 1.82) is 0 Å². The molecule has 2 aliphatic rings. The molecule has 80 valence electrons. The molecule has 3 atom stereocenters. The van der Waals surface area contributed by atoms with Crippen LogP contribution in [-0.2, 0) is 14.3 Å². The van der Waals surface area contributed by atoms with E-state index < -0.39 is 0 Å². The van der Waals surface area contributed by atoms with Crippen LogP contribution in [0.15, 0.2) is 0 Å². The van der Waals surface area contributed by atoms with Crippen molar-refractivity contribution in [2.45, 2.75) is 19.4 Å². The van der Waals surface area contributed by atoms with E-state index in [0.717, 1.165) is 26.1 Å². The second-order valence-electron chi connectivity index (χ2n) is 4.20. The Morgan fingerprint density at radius 2 is 2.43 bits per heavy atom. The van der Waals surface area contributed by atoms with Gasteiger partial charge in [0.25, 0.3) is 0 Å². The minimum Gasteiger partial charge on any atom is -0.469 e. The second kappa shape index (κ2) is 3.51. The molecule has 0 saturated carbocycles. The molecule has 1 spiro atoms. The summed E-state index contributed by atoms with van der Waals surface area (Å²) in [5, 5.41) is 3.27. The molecule has 1 N–H and O–H groups in total. The normalized spacial score (nSPS) is 41.9. The summed E-state index contributed by atoms with van der Waals surface area (Å²) in [6, 6.07) is 0. The average Bonchev–Trinajstić information content (AvgIpc) is 2.76. The molecule has 0 bridgehead atoms. The van der Waals surface area contributed by atoms with Gasteiger partial charge in [-0.15, -0.1) is 0 Å². The van der Waals surface area contributed by atoms with E-state index in [9.17, 15) is 4.79 Å². The quantitative estimate of drug-likeness (QED) is 0.612. The minimum absolute atomic E-state index is 0.0207. The van der Waals surface area contributed by atoms with Crippen LogP contribution in [0.3, 0.4) is 0 Å². The van der Waals surface area contributed by atoms with E-state index in [1.165, 1.54) is 7.11 Å². The van der Waals surface area contributed by atoms with Crippen molar-refractivity contribution in [3.05, 3.63) is 0 Å². The maximum atomic E-state index is 11.6. The van der Waals surface area contributed by atoms with Gasteiger partial charge in [-0.2, -0.15) is 0 Å². The zero-order chi connectivity index (χ0) is 10.2. The second-order valence-corrected chi connectivity index (χ2v) is 4.20. The van der Waals surface area contributed by atoms with Crippen LogP contribution < -0.4 is 5.32 Å². The highest BCUT2D eigenvalue weighted by atomic mass is 16.5. The fourth-order valence-corrected chi connectivity index (χ4v) is 2.72. The van der Waals surface area contributed by atoms with Crippen LogP contribution in [0, 0.1) is 11.3 Å². The summed E-state index contributed by atoms with van der Waals surface area (Å²) in [5.74, 6) is -0.141. The average molecular weight is 199 g/mol. The molecule has 2 aliphatic heterocycles. The Bertz CT molecular complexity index is 240. The predicted molar refractivity (Wildman–Crippen MR) is 50.8 cm³/mol. The number of esters is 1. The van der Waals surface area contributed by atoms with E-state index in [4.69, 9.17) is 9.47 Å². The first kappa shape index (κ1) is 9.93. The van der Waals surface area contributed by atoms with E-state index in [2.05, 4.69) is 12.2 Å². The van der Waals surface area contributed by atoms with Gasteiger partial charge in [0.2, 0.25) is 0 Å². The van der Waals surface area contributed by atoms with Crippen molar-refractivity contribution in [2.24, 2.45) is 11.3 Å². The molecule has 0 radical (unpaired) electrons. The third-order valence-corrected chi connectivity index (χ3v) is 3.73. The van der Waals surface area contributed by atoms with Crippen LogP contribution in [0.25, 0.3) is 0 Å². The molecular formula is C10H17NO3. The van der Waals surface area contributed by atoms with E-state index in [1.807, 2.05) is 0 Å². The Balaban J connectivity index is 2.20. The molecular weight excluding hydrogens is 182 g/mol. The lowest BCUT2D eigenvalue weighted by Gasteiger charge is -2.31. The topological polar surface area (TPSA) is 47.6 Å². The lowest BCUT2D eigenvalue weighted by molar-refractivity contribution is -0.149. The summed E-state index contributed by atoms with van der Waals surface area (Å²) in [7, 11) is 1.45. The molecule has 3 unspecified atom stereocenters. The summed E-state index contributed by atoms with van der Waals surface area (Å²) >= 11 is 0. The third-order valence-electron chi connectivity index (χ3n) is 3.73. The molecule has 0 aromatic heterocycles. The van der Waals surface area contributed by atoms with Gasteiger partial charge in [-0.05, 0) is 13.3 Å².